The molecule has 0 unspecified atom stereocenters. The third kappa shape index (κ3) is 3.68. The number of hydrogen-bond acceptors (Lipinski definition) is 4. The highest BCUT2D eigenvalue weighted by molar-refractivity contribution is 5.89. The lowest BCUT2D eigenvalue weighted by Crippen LogP contribution is -2.42. The molecule has 2 aromatic rings. The highest BCUT2D eigenvalue weighted by Crippen LogP contribution is 2.32. The predicted molar refractivity (Wildman–Crippen MR) is 90.8 cm³/mol. The van der Waals surface area contributed by atoms with Gasteiger partial charge < -0.3 is 16.0 Å². The standard InChI is InChI=1S/C18H22N4O/c1-22(13-14-6-3-2-4-7-14)16-15(8-5-11-20-16)12-21-17(23)18(19)9-10-18/h2-8,11H,9-10,12-13,19H2,1H3,(H,21,23). The van der Waals surface area contributed by atoms with Crippen molar-refractivity contribution in [1.82, 2.24) is 10.3 Å². The molecule has 1 heterocycles. The Bertz CT molecular complexity index is 682. The molecule has 1 aromatic carbocycles. The summed E-state index contributed by atoms with van der Waals surface area (Å²) in [6.07, 6.45) is 3.31. The fraction of sp³-hybridized carbons (Fsp3) is 0.333. The molecule has 0 bridgehead atoms. The van der Waals surface area contributed by atoms with Gasteiger partial charge in [0.25, 0.3) is 0 Å². The first-order valence-electron chi connectivity index (χ1n) is 7.85. The topological polar surface area (TPSA) is 71.2 Å². The summed E-state index contributed by atoms with van der Waals surface area (Å²) in [4.78, 5) is 18.6. The van der Waals surface area contributed by atoms with Crippen LogP contribution in [0.2, 0.25) is 0 Å². The van der Waals surface area contributed by atoms with Crippen LogP contribution in [0.3, 0.4) is 0 Å². The van der Waals surface area contributed by atoms with Crippen LogP contribution in [-0.4, -0.2) is 23.5 Å². The summed E-state index contributed by atoms with van der Waals surface area (Å²) < 4.78 is 0. The van der Waals surface area contributed by atoms with E-state index < -0.39 is 5.54 Å². The number of nitrogens with one attached hydrogen (secondary N) is 1. The fourth-order valence-electron chi connectivity index (χ4n) is 2.56. The third-order valence-corrected chi connectivity index (χ3v) is 4.17. The molecule has 3 N–H and O–H groups in total. The van der Waals surface area contributed by atoms with Crippen LogP contribution in [0.4, 0.5) is 5.82 Å². The maximum absolute atomic E-state index is 12.0. The summed E-state index contributed by atoms with van der Waals surface area (Å²) in [6, 6.07) is 14.1. The Morgan fingerprint density at radius 1 is 1.26 bits per heavy atom. The van der Waals surface area contributed by atoms with Crippen LogP contribution in [0, 0.1) is 0 Å². The largest absolute Gasteiger partial charge is 0.355 e. The van der Waals surface area contributed by atoms with Crippen LogP contribution in [0.25, 0.3) is 0 Å². The molecule has 23 heavy (non-hydrogen) atoms. The molecule has 1 aliphatic carbocycles. The van der Waals surface area contributed by atoms with Gasteiger partial charge in [0.1, 0.15) is 5.82 Å². The molecule has 1 fully saturated rings. The van der Waals surface area contributed by atoms with Gasteiger partial charge in [-0.05, 0) is 24.5 Å². The van der Waals surface area contributed by atoms with Crippen molar-refractivity contribution in [2.24, 2.45) is 5.73 Å². The average Bonchev–Trinajstić information content (AvgIpc) is 3.33. The number of hydrogen-bond donors (Lipinski definition) is 2. The first-order chi connectivity index (χ1) is 11.1. The van der Waals surface area contributed by atoms with Crippen molar-refractivity contribution < 1.29 is 4.79 Å². The summed E-state index contributed by atoms with van der Waals surface area (Å²) in [7, 11) is 2.01. The Morgan fingerprint density at radius 3 is 2.70 bits per heavy atom. The van der Waals surface area contributed by atoms with Crippen molar-refractivity contribution in [3.05, 3.63) is 59.8 Å². The number of benzene rings is 1. The number of anilines is 1. The van der Waals surface area contributed by atoms with Crippen molar-refractivity contribution in [2.45, 2.75) is 31.5 Å². The minimum atomic E-state index is -0.641. The predicted octanol–water partition coefficient (Wildman–Crippen LogP) is 1.83. The first-order valence-corrected chi connectivity index (χ1v) is 7.85. The van der Waals surface area contributed by atoms with Crippen LogP contribution in [0.5, 0.6) is 0 Å². The minimum absolute atomic E-state index is 0.0713. The van der Waals surface area contributed by atoms with Gasteiger partial charge in [-0.2, -0.15) is 0 Å². The zero-order chi connectivity index (χ0) is 16.3. The van der Waals surface area contributed by atoms with Gasteiger partial charge in [0.05, 0.1) is 5.54 Å². The quantitative estimate of drug-likeness (QED) is 0.854. The Morgan fingerprint density at radius 2 is 2.00 bits per heavy atom. The van der Waals surface area contributed by atoms with Gasteiger partial charge in [-0.15, -0.1) is 0 Å². The SMILES string of the molecule is CN(Cc1ccccc1)c1ncccc1CNC(=O)C1(N)CC1. The van der Waals surface area contributed by atoms with E-state index >= 15 is 0 Å². The maximum atomic E-state index is 12.0. The van der Waals surface area contributed by atoms with E-state index in [0.29, 0.717) is 6.54 Å². The summed E-state index contributed by atoms with van der Waals surface area (Å²) in [6.45, 7) is 1.21. The van der Waals surface area contributed by atoms with Crippen molar-refractivity contribution in [3.63, 3.8) is 0 Å². The number of amides is 1. The lowest BCUT2D eigenvalue weighted by atomic mass is 10.2. The molecule has 0 saturated heterocycles. The van der Waals surface area contributed by atoms with E-state index in [1.54, 1.807) is 6.20 Å². The van der Waals surface area contributed by atoms with Gasteiger partial charge in [-0.25, -0.2) is 4.98 Å². The zero-order valence-electron chi connectivity index (χ0n) is 13.3. The van der Waals surface area contributed by atoms with E-state index in [2.05, 4.69) is 27.3 Å². The van der Waals surface area contributed by atoms with Crippen LogP contribution >= 0.6 is 0 Å². The monoisotopic (exact) mass is 310 g/mol. The van der Waals surface area contributed by atoms with Gasteiger partial charge in [0, 0.05) is 31.9 Å². The zero-order valence-corrected chi connectivity index (χ0v) is 13.3. The molecule has 5 heteroatoms. The van der Waals surface area contributed by atoms with E-state index in [-0.39, 0.29) is 5.91 Å². The number of nitrogens with two attached hydrogens (primary N) is 1. The number of carbonyl (C=O) groups is 1. The van der Waals surface area contributed by atoms with Crippen LogP contribution in [0.15, 0.2) is 48.7 Å². The highest BCUT2D eigenvalue weighted by Gasteiger charge is 2.45. The van der Waals surface area contributed by atoms with Crippen LogP contribution < -0.4 is 16.0 Å². The molecule has 1 aromatic heterocycles. The average molecular weight is 310 g/mol. The second kappa shape index (κ2) is 6.38. The second-order valence-electron chi connectivity index (χ2n) is 6.17. The molecule has 1 saturated carbocycles. The van der Waals surface area contributed by atoms with Gasteiger partial charge in [-0.3, -0.25) is 4.79 Å². The molecule has 5 nitrogen and oxygen atoms in total. The fourth-order valence-corrected chi connectivity index (χ4v) is 2.56. The highest BCUT2D eigenvalue weighted by atomic mass is 16.2. The molecule has 0 aliphatic heterocycles. The maximum Gasteiger partial charge on any atom is 0.240 e. The molecule has 0 spiro atoms. The molecule has 1 aliphatic rings. The Kier molecular flexibility index (Phi) is 4.30. The molecule has 120 valence electrons. The van der Waals surface area contributed by atoms with Gasteiger partial charge in [0.15, 0.2) is 0 Å². The smallest absolute Gasteiger partial charge is 0.240 e. The van der Waals surface area contributed by atoms with E-state index in [0.717, 1.165) is 30.8 Å². The number of rotatable bonds is 6. The van der Waals surface area contributed by atoms with E-state index in [4.69, 9.17) is 5.73 Å². The van der Waals surface area contributed by atoms with E-state index in [9.17, 15) is 4.79 Å². The summed E-state index contributed by atoms with van der Waals surface area (Å²) in [5, 5.41) is 2.93. The molecule has 1 amide bonds. The third-order valence-electron chi connectivity index (χ3n) is 4.17. The second-order valence-corrected chi connectivity index (χ2v) is 6.17. The normalized spacial score (nSPS) is 15.0. The van der Waals surface area contributed by atoms with E-state index in [1.807, 2.05) is 37.4 Å². The van der Waals surface area contributed by atoms with Crippen LogP contribution in [0.1, 0.15) is 24.0 Å². The van der Waals surface area contributed by atoms with Crippen molar-refractivity contribution in [1.29, 1.82) is 0 Å². The molecule has 3 rings (SSSR count). The van der Waals surface area contributed by atoms with Crippen molar-refractivity contribution in [2.75, 3.05) is 11.9 Å². The molecular weight excluding hydrogens is 288 g/mol. The summed E-state index contributed by atoms with van der Waals surface area (Å²) in [5.41, 5.74) is 7.48. The van der Waals surface area contributed by atoms with Crippen molar-refractivity contribution >= 4 is 11.7 Å². The van der Waals surface area contributed by atoms with Gasteiger partial charge >= 0.3 is 0 Å². The van der Waals surface area contributed by atoms with Gasteiger partial charge in [-0.1, -0.05) is 36.4 Å². The molecule has 0 atom stereocenters. The Balaban J connectivity index is 1.68. The lowest BCUT2D eigenvalue weighted by molar-refractivity contribution is -0.123. The van der Waals surface area contributed by atoms with E-state index in [1.165, 1.54) is 5.56 Å². The summed E-state index contributed by atoms with van der Waals surface area (Å²) in [5.74, 6) is 0.802. The number of nitrogens with zero attached hydrogens (tertiary/aromatic N) is 2. The molecular formula is C18H22N4O. The number of aromatic nitrogens is 1. The van der Waals surface area contributed by atoms with Crippen LogP contribution in [-0.2, 0) is 17.9 Å². The molecule has 0 radical (unpaired) electrons. The van der Waals surface area contributed by atoms with Gasteiger partial charge in [0.2, 0.25) is 5.91 Å². The number of carbonyl (C=O) groups excluding carboxylic acids is 1. The Labute approximate surface area is 136 Å². The van der Waals surface area contributed by atoms with Crippen molar-refractivity contribution in [3.8, 4) is 0 Å². The first kappa shape index (κ1) is 15.5. The minimum Gasteiger partial charge on any atom is -0.355 e. The lowest BCUT2D eigenvalue weighted by Gasteiger charge is -2.21. The summed E-state index contributed by atoms with van der Waals surface area (Å²) >= 11 is 0. The Hall–Kier alpha value is -2.40. The number of pyridine rings is 1.